The highest BCUT2D eigenvalue weighted by atomic mass is 19.1. The van der Waals surface area contributed by atoms with Crippen LogP contribution in [0.1, 0.15) is 45.1 Å². The third-order valence-corrected chi connectivity index (χ3v) is 4.48. The molecule has 2 heteroatoms. The van der Waals surface area contributed by atoms with Gasteiger partial charge in [-0.1, -0.05) is 31.6 Å². The maximum Gasteiger partial charge on any atom is 0.123 e. The summed E-state index contributed by atoms with van der Waals surface area (Å²) in [6.07, 6.45) is 7.04. The molecule has 0 amide bonds. The second-order valence-electron chi connectivity index (χ2n) is 5.75. The predicted octanol–water partition coefficient (Wildman–Crippen LogP) is 5.07. The summed E-state index contributed by atoms with van der Waals surface area (Å²) < 4.78 is 18.4. The molecule has 0 N–H and O–H groups in total. The Bertz CT molecular complexity index is 429. The number of ether oxygens (including phenoxy) is 1. The molecular formula is C18H25FO. The van der Waals surface area contributed by atoms with Crippen LogP contribution in [0.25, 0.3) is 5.57 Å². The molecule has 1 aliphatic rings. The third kappa shape index (κ3) is 4.17. The Morgan fingerprint density at radius 2 is 1.95 bits per heavy atom. The maximum atomic E-state index is 12.9. The second kappa shape index (κ2) is 7.58. The molecule has 110 valence electrons. The Labute approximate surface area is 121 Å². The first-order chi connectivity index (χ1) is 9.70. The molecule has 1 aliphatic heterocycles. The van der Waals surface area contributed by atoms with Crippen LogP contribution in [0.15, 0.2) is 30.3 Å². The Balaban J connectivity index is 1.96. The quantitative estimate of drug-likeness (QED) is 0.729. The van der Waals surface area contributed by atoms with Crippen molar-refractivity contribution in [2.45, 2.75) is 39.5 Å². The zero-order chi connectivity index (χ0) is 14.4. The van der Waals surface area contributed by atoms with Crippen molar-refractivity contribution in [2.24, 2.45) is 11.8 Å². The van der Waals surface area contributed by atoms with E-state index in [9.17, 15) is 4.39 Å². The lowest BCUT2D eigenvalue weighted by molar-refractivity contribution is 0.0463. The van der Waals surface area contributed by atoms with Crippen LogP contribution in [0, 0.1) is 17.7 Å². The number of halogens is 1. The SMILES string of the molecule is CCC(CC=C(C)c1ccc(F)cc1)C1CCOCC1. The highest BCUT2D eigenvalue weighted by Crippen LogP contribution is 2.30. The topological polar surface area (TPSA) is 9.23 Å². The van der Waals surface area contributed by atoms with Gasteiger partial charge in [0.05, 0.1) is 0 Å². The minimum atomic E-state index is -0.171. The normalized spacial score (nSPS) is 19.1. The van der Waals surface area contributed by atoms with E-state index in [4.69, 9.17) is 4.74 Å². The maximum absolute atomic E-state index is 12.9. The number of benzene rings is 1. The van der Waals surface area contributed by atoms with Crippen LogP contribution in [-0.4, -0.2) is 13.2 Å². The summed E-state index contributed by atoms with van der Waals surface area (Å²) in [7, 11) is 0. The van der Waals surface area contributed by atoms with Gasteiger partial charge in [-0.25, -0.2) is 4.39 Å². The number of rotatable bonds is 5. The van der Waals surface area contributed by atoms with Gasteiger partial charge in [-0.3, -0.25) is 0 Å². The Kier molecular flexibility index (Phi) is 5.78. The van der Waals surface area contributed by atoms with Crippen LogP contribution in [-0.2, 0) is 4.74 Å². The fourth-order valence-electron chi connectivity index (χ4n) is 3.04. The van der Waals surface area contributed by atoms with E-state index in [0.29, 0.717) is 0 Å². The highest BCUT2D eigenvalue weighted by molar-refractivity contribution is 5.63. The minimum Gasteiger partial charge on any atom is -0.381 e. The lowest BCUT2D eigenvalue weighted by Crippen LogP contribution is -2.22. The van der Waals surface area contributed by atoms with Crippen LogP contribution in [0.3, 0.4) is 0 Å². The van der Waals surface area contributed by atoms with Crippen LogP contribution < -0.4 is 0 Å². The molecule has 1 unspecified atom stereocenters. The van der Waals surface area contributed by atoms with Crippen molar-refractivity contribution >= 4 is 5.57 Å². The molecule has 1 heterocycles. The van der Waals surface area contributed by atoms with Gasteiger partial charge in [0.1, 0.15) is 5.82 Å². The number of allylic oxidation sites excluding steroid dienone is 2. The molecule has 2 rings (SSSR count). The van der Waals surface area contributed by atoms with E-state index in [1.54, 1.807) is 0 Å². The standard InChI is InChI=1S/C18H25FO/c1-3-15(17-10-12-20-13-11-17)5-4-14(2)16-6-8-18(19)9-7-16/h4,6-9,15,17H,3,5,10-13H2,1-2H3. The Morgan fingerprint density at radius 1 is 1.30 bits per heavy atom. The average molecular weight is 276 g/mol. The van der Waals surface area contributed by atoms with Gasteiger partial charge >= 0.3 is 0 Å². The molecule has 1 fully saturated rings. The molecule has 1 aromatic rings. The summed E-state index contributed by atoms with van der Waals surface area (Å²) in [6.45, 7) is 6.23. The van der Waals surface area contributed by atoms with E-state index in [0.717, 1.165) is 37.0 Å². The van der Waals surface area contributed by atoms with Gasteiger partial charge < -0.3 is 4.74 Å². The van der Waals surface area contributed by atoms with Crippen LogP contribution >= 0.6 is 0 Å². The monoisotopic (exact) mass is 276 g/mol. The van der Waals surface area contributed by atoms with Crippen molar-refractivity contribution < 1.29 is 9.13 Å². The van der Waals surface area contributed by atoms with Gasteiger partial charge in [-0.15, -0.1) is 0 Å². The number of hydrogen-bond acceptors (Lipinski definition) is 1. The van der Waals surface area contributed by atoms with E-state index in [2.05, 4.69) is 19.9 Å². The summed E-state index contributed by atoms with van der Waals surface area (Å²) >= 11 is 0. The Hall–Kier alpha value is -1.15. The molecule has 0 radical (unpaired) electrons. The largest absolute Gasteiger partial charge is 0.381 e. The zero-order valence-corrected chi connectivity index (χ0v) is 12.6. The molecule has 1 aromatic carbocycles. The lowest BCUT2D eigenvalue weighted by atomic mass is 9.81. The second-order valence-corrected chi connectivity index (χ2v) is 5.75. The van der Waals surface area contributed by atoms with Gasteiger partial charge in [0, 0.05) is 13.2 Å². The zero-order valence-electron chi connectivity index (χ0n) is 12.6. The summed E-state index contributed by atoms with van der Waals surface area (Å²) in [6, 6.07) is 6.78. The van der Waals surface area contributed by atoms with Gasteiger partial charge in [0.25, 0.3) is 0 Å². The fourth-order valence-corrected chi connectivity index (χ4v) is 3.04. The molecule has 0 spiro atoms. The van der Waals surface area contributed by atoms with Crippen LogP contribution in [0.2, 0.25) is 0 Å². The first-order valence-electron chi connectivity index (χ1n) is 7.71. The number of hydrogen-bond donors (Lipinski definition) is 0. The van der Waals surface area contributed by atoms with E-state index in [-0.39, 0.29) is 5.82 Å². The van der Waals surface area contributed by atoms with E-state index < -0.39 is 0 Å². The molecule has 0 aromatic heterocycles. The summed E-state index contributed by atoms with van der Waals surface area (Å²) in [5.41, 5.74) is 2.36. The van der Waals surface area contributed by atoms with Crippen molar-refractivity contribution in [1.82, 2.24) is 0 Å². The van der Waals surface area contributed by atoms with Crippen molar-refractivity contribution in [3.63, 3.8) is 0 Å². The van der Waals surface area contributed by atoms with Crippen molar-refractivity contribution in [1.29, 1.82) is 0 Å². The van der Waals surface area contributed by atoms with Gasteiger partial charge in [-0.05, 0) is 61.3 Å². The molecule has 20 heavy (non-hydrogen) atoms. The van der Waals surface area contributed by atoms with Gasteiger partial charge in [0.15, 0.2) is 0 Å². The Morgan fingerprint density at radius 3 is 2.55 bits per heavy atom. The van der Waals surface area contributed by atoms with Crippen molar-refractivity contribution in [3.05, 3.63) is 41.7 Å². The fraction of sp³-hybridized carbons (Fsp3) is 0.556. The average Bonchev–Trinajstić information content (AvgIpc) is 2.49. The van der Waals surface area contributed by atoms with Crippen molar-refractivity contribution in [2.75, 3.05) is 13.2 Å². The molecule has 1 nitrogen and oxygen atoms in total. The minimum absolute atomic E-state index is 0.171. The van der Waals surface area contributed by atoms with Gasteiger partial charge in [-0.2, -0.15) is 0 Å². The highest BCUT2D eigenvalue weighted by Gasteiger charge is 2.21. The molecule has 1 saturated heterocycles. The third-order valence-electron chi connectivity index (χ3n) is 4.48. The first kappa shape index (κ1) is 15.2. The molecule has 0 aliphatic carbocycles. The van der Waals surface area contributed by atoms with Crippen LogP contribution in [0.5, 0.6) is 0 Å². The summed E-state index contributed by atoms with van der Waals surface area (Å²) in [5, 5.41) is 0. The van der Waals surface area contributed by atoms with Gasteiger partial charge in [0.2, 0.25) is 0 Å². The molecule has 1 atom stereocenters. The predicted molar refractivity (Wildman–Crippen MR) is 82.0 cm³/mol. The molecular weight excluding hydrogens is 251 g/mol. The molecule has 0 saturated carbocycles. The summed E-state index contributed by atoms with van der Waals surface area (Å²) in [5.74, 6) is 1.37. The lowest BCUT2D eigenvalue weighted by Gasteiger charge is -2.29. The van der Waals surface area contributed by atoms with E-state index in [1.165, 1.54) is 37.0 Å². The summed E-state index contributed by atoms with van der Waals surface area (Å²) in [4.78, 5) is 0. The van der Waals surface area contributed by atoms with Crippen molar-refractivity contribution in [3.8, 4) is 0 Å². The van der Waals surface area contributed by atoms with Crippen LogP contribution in [0.4, 0.5) is 4.39 Å². The van der Waals surface area contributed by atoms with E-state index in [1.807, 2.05) is 12.1 Å². The van der Waals surface area contributed by atoms with E-state index >= 15 is 0 Å². The molecule has 0 bridgehead atoms. The first-order valence-corrected chi connectivity index (χ1v) is 7.71. The smallest absolute Gasteiger partial charge is 0.123 e.